The van der Waals surface area contributed by atoms with Crippen LogP contribution in [-0.2, 0) is 9.59 Å². The third kappa shape index (κ3) is 4.31. The van der Waals surface area contributed by atoms with E-state index in [0.29, 0.717) is 17.1 Å². The summed E-state index contributed by atoms with van der Waals surface area (Å²) in [4.78, 5) is 30.1. The molecule has 1 fully saturated rings. The number of nitrogens with zero attached hydrogens (tertiary/aromatic N) is 1. The minimum Gasteiger partial charge on any atom is -0.494 e. The minimum atomic E-state index is -0.158. The van der Waals surface area contributed by atoms with E-state index in [1.54, 1.807) is 4.90 Å². The van der Waals surface area contributed by atoms with Crippen molar-refractivity contribution in [1.29, 1.82) is 0 Å². The number of hydrogen-bond acceptors (Lipinski definition) is 4. The summed E-state index contributed by atoms with van der Waals surface area (Å²) in [6.45, 7) is 2.53. The Kier molecular flexibility index (Phi) is 6.58. The van der Waals surface area contributed by atoms with Gasteiger partial charge in [0.25, 0.3) is 11.8 Å². The number of hydrogen-bond donors (Lipinski definition) is 0. The Labute approximate surface area is 182 Å². The third-order valence-electron chi connectivity index (χ3n) is 5.68. The monoisotopic (exact) mass is 421 g/mol. The number of imide groups is 1. The average Bonchev–Trinajstić information content (AvgIpc) is 2.94. The third-order valence-corrected chi connectivity index (χ3v) is 6.77. The van der Waals surface area contributed by atoms with E-state index in [4.69, 9.17) is 4.74 Å². The molecule has 0 atom stereocenters. The summed E-state index contributed by atoms with van der Waals surface area (Å²) >= 11 is 1.39. The van der Waals surface area contributed by atoms with E-state index in [1.807, 2.05) is 61.5 Å². The average molecular weight is 422 g/mol. The second kappa shape index (κ2) is 9.52. The van der Waals surface area contributed by atoms with Crippen molar-refractivity contribution in [1.82, 2.24) is 4.90 Å². The first-order valence-electron chi connectivity index (χ1n) is 10.8. The Bertz CT molecular complexity index is 929. The van der Waals surface area contributed by atoms with E-state index in [-0.39, 0.29) is 17.9 Å². The SMILES string of the molecule is CCOc1ccc(C2=C(Sc3ccccc3)C(=O)N(C3CCCCCC3)C2=O)cc1. The molecule has 0 saturated heterocycles. The molecule has 4 rings (SSSR count). The van der Waals surface area contributed by atoms with Crippen LogP contribution in [0.15, 0.2) is 64.4 Å². The van der Waals surface area contributed by atoms with Crippen molar-refractivity contribution in [2.24, 2.45) is 0 Å². The molecule has 2 amide bonds. The lowest BCUT2D eigenvalue weighted by atomic mass is 10.0. The summed E-state index contributed by atoms with van der Waals surface area (Å²) in [5.74, 6) is 0.454. The van der Waals surface area contributed by atoms with Crippen molar-refractivity contribution in [3.63, 3.8) is 0 Å². The highest BCUT2D eigenvalue weighted by molar-refractivity contribution is 8.04. The van der Waals surface area contributed by atoms with Gasteiger partial charge in [-0.05, 0) is 49.6 Å². The number of ether oxygens (including phenoxy) is 1. The maximum Gasteiger partial charge on any atom is 0.268 e. The van der Waals surface area contributed by atoms with Crippen LogP contribution in [0.2, 0.25) is 0 Å². The summed E-state index contributed by atoms with van der Waals surface area (Å²) < 4.78 is 5.54. The fourth-order valence-corrected chi connectivity index (χ4v) is 5.24. The van der Waals surface area contributed by atoms with Crippen LogP contribution >= 0.6 is 11.8 Å². The van der Waals surface area contributed by atoms with Crippen LogP contribution < -0.4 is 4.74 Å². The number of carbonyl (C=O) groups is 2. The van der Waals surface area contributed by atoms with Gasteiger partial charge in [0.1, 0.15) is 5.75 Å². The van der Waals surface area contributed by atoms with Gasteiger partial charge in [-0.2, -0.15) is 0 Å². The maximum absolute atomic E-state index is 13.5. The molecule has 0 radical (unpaired) electrons. The normalized spacial score (nSPS) is 18.1. The van der Waals surface area contributed by atoms with Crippen LogP contribution in [-0.4, -0.2) is 29.4 Å². The molecule has 1 aliphatic carbocycles. The molecule has 0 aromatic heterocycles. The van der Waals surface area contributed by atoms with Crippen molar-refractivity contribution in [3.05, 3.63) is 65.1 Å². The summed E-state index contributed by atoms with van der Waals surface area (Å²) in [7, 11) is 0. The van der Waals surface area contributed by atoms with Crippen LogP contribution in [0.5, 0.6) is 5.75 Å². The Morgan fingerprint density at radius 3 is 2.20 bits per heavy atom. The van der Waals surface area contributed by atoms with Crippen molar-refractivity contribution in [2.45, 2.75) is 56.4 Å². The van der Waals surface area contributed by atoms with Crippen LogP contribution in [0, 0.1) is 0 Å². The molecular formula is C25H27NO3S. The first-order chi connectivity index (χ1) is 14.7. The number of thioether (sulfide) groups is 1. The number of amides is 2. The van der Waals surface area contributed by atoms with E-state index in [1.165, 1.54) is 24.6 Å². The molecule has 156 valence electrons. The zero-order valence-corrected chi connectivity index (χ0v) is 18.1. The highest BCUT2D eigenvalue weighted by Crippen LogP contribution is 2.42. The Morgan fingerprint density at radius 1 is 0.900 bits per heavy atom. The summed E-state index contributed by atoms with van der Waals surface area (Å²) in [5.41, 5.74) is 1.28. The summed E-state index contributed by atoms with van der Waals surface area (Å²) in [6, 6.07) is 17.3. The minimum absolute atomic E-state index is 0.000860. The highest BCUT2D eigenvalue weighted by atomic mass is 32.2. The molecule has 0 N–H and O–H groups in total. The zero-order valence-electron chi connectivity index (χ0n) is 17.3. The number of rotatable bonds is 6. The summed E-state index contributed by atoms with van der Waals surface area (Å²) in [5, 5.41) is 0. The predicted molar refractivity (Wildman–Crippen MR) is 120 cm³/mol. The lowest BCUT2D eigenvalue weighted by Gasteiger charge is -2.25. The van der Waals surface area contributed by atoms with Crippen molar-refractivity contribution in [3.8, 4) is 5.75 Å². The molecule has 5 heteroatoms. The first kappa shape index (κ1) is 20.7. The van der Waals surface area contributed by atoms with E-state index in [9.17, 15) is 9.59 Å². The molecule has 2 aromatic carbocycles. The van der Waals surface area contributed by atoms with Crippen molar-refractivity contribution in [2.75, 3.05) is 6.61 Å². The van der Waals surface area contributed by atoms with Gasteiger partial charge in [-0.15, -0.1) is 0 Å². The fraction of sp³-hybridized carbons (Fsp3) is 0.360. The Hall–Kier alpha value is -2.53. The molecule has 0 spiro atoms. The van der Waals surface area contributed by atoms with Crippen molar-refractivity contribution < 1.29 is 14.3 Å². The molecule has 1 heterocycles. The molecule has 2 aromatic rings. The van der Waals surface area contributed by atoms with Gasteiger partial charge < -0.3 is 4.74 Å². The quantitative estimate of drug-likeness (QED) is 0.445. The van der Waals surface area contributed by atoms with Crippen LogP contribution in [0.3, 0.4) is 0 Å². The molecule has 30 heavy (non-hydrogen) atoms. The van der Waals surface area contributed by atoms with E-state index in [2.05, 4.69) is 0 Å². The lowest BCUT2D eigenvalue weighted by molar-refractivity contribution is -0.139. The second-order valence-electron chi connectivity index (χ2n) is 7.70. The summed E-state index contributed by atoms with van der Waals surface area (Å²) in [6.07, 6.45) is 6.30. The van der Waals surface area contributed by atoms with Gasteiger partial charge in [0.2, 0.25) is 0 Å². The largest absolute Gasteiger partial charge is 0.494 e. The van der Waals surface area contributed by atoms with Crippen LogP contribution in [0.25, 0.3) is 5.57 Å². The van der Waals surface area contributed by atoms with Crippen molar-refractivity contribution >= 4 is 29.1 Å². The molecule has 1 saturated carbocycles. The molecule has 0 bridgehead atoms. The first-order valence-corrected chi connectivity index (χ1v) is 11.6. The van der Waals surface area contributed by atoms with Gasteiger partial charge >= 0.3 is 0 Å². The molecule has 4 nitrogen and oxygen atoms in total. The zero-order chi connectivity index (χ0) is 20.9. The highest BCUT2D eigenvalue weighted by Gasteiger charge is 2.42. The maximum atomic E-state index is 13.5. The van der Waals surface area contributed by atoms with Crippen LogP contribution in [0.4, 0.5) is 0 Å². The molecule has 0 unspecified atom stereocenters. The topological polar surface area (TPSA) is 46.6 Å². The smallest absolute Gasteiger partial charge is 0.268 e. The van der Waals surface area contributed by atoms with Gasteiger partial charge in [0.15, 0.2) is 0 Å². The molecule has 2 aliphatic rings. The van der Waals surface area contributed by atoms with Gasteiger partial charge in [-0.1, -0.05) is 67.8 Å². The number of carbonyl (C=O) groups excluding carboxylic acids is 2. The van der Waals surface area contributed by atoms with Gasteiger partial charge in [-0.25, -0.2) is 0 Å². The standard InChI is InChI=1S/C25H27NO3S/c1-2-29-20-16-14-18(15-17-20)22-23(30-21-12-8-5-9-13-21)25(28)26(24(22)27)19-10-6-3-4-7-11-19/h5,8-9,12-17,19H,2-4,6-7,10-11H2,1H3. The van der Waals surface area contributed by atoms with Gasteiger partial charge in [0.05, 0.1) is 17.1 Å². The molecular weight excluding hydrogens is 394 g/mol. The second-order valence-corrected chi connectivity index (χ2v) is 8.79. The van der Waals surface area contributed by atoms with E-state index >= 15 is 0 Å². The fourth-order valence-electron chi connectivity index (χ4n) is 4.21. The number of benzene rings is 2. The van der Waals surface area contributed by atoms with Crippen LogP contribution in [0.1, 0.15) is 51.0 Å². The Balaban J connectivity index is 1.71. The van der Waals surface area contributed by atoms with Gasteiger partial charge in [-0.3, -0.25) is 14.5 Å². The van der Waals surface area contributed by atoms with Gasteiger partial charge in [0, 0.05) is 10.9 Å². The van der Waals surface area contributed by atoms with E-state index in [0.717, 1.165) is 41.9 Å². The Morgan fingerprint density at radius 2 is 1.57 bits per heavy atom. The predicted octanol–water partition coefficient (Wildman–Crippen LogP) is 5.68. The van der Waals surface area contributed by atoms with E-state index < -0.39 is 0 Å². The molecule has 1 aliphatic heterocycles. The lowest BCUT2D eigenvalue weighted by Crippen LogP contribution is -2.40.